The molecule has 0 N–H and O–H groups in total. The Morgan fingerprint density at radius 1 is 1.19 bits per heavy atom. The lowest BCUT2D eigenvalue weighted by Gasteiger charge is -2.06. The minimum Gasteiger partial charge on any atom is -0.462 e. The molecule has 0 amide bonds. The molecular weight excluding hydrogens is 344 g/mol. The van der Waals surface area contributed by atoms with E-state index < -0.39 is 0 Å². The molecule has 3 rings (SSSR count). The minimum atomic E-state index is -0.316. The minimum absolute atomic E-state index is 0.316. The number of carbonyl (C=O) groups is 1. The van der Waals surface area contributed by atoms with Gasteiger partial charge in [0.2, 0.25) is 0 Å². The molecule has 0 radical (unpaired) electrons. The molecule has 0 fully saturated rings. The molecule has 26 heavy (non-hydrogen) atoms. The predicted molar refractivity (Wildman–Crippen MR) is 106 cm³/mol. The van der Waals surface area contributed by atoms with Gasteiger partial charge in [-0.2, -0.15) is 0 Å². The Labute approximate surface area is 156 Å². The second-order valence-corrected chi connectivity index (χ2v) is 6.38. The number of allylic oxidation sites excluding steroid dienone is 1. The van der Waals surface area contributed by atoms with E-state index in [2.05, 4.69) is 28.7 Å². The highest BCUT2D eigenvalue weighted by molar-refractivity contribution is 7.07. The quantitative estimate of drug-likeness (QED) is 0.465. The molecule has 0 atom stereocenters. The van der Waals surface area contributed by atoms with Gasteiger partial charge in [0.15, 0.2) is 4.80 Å². The van der Waals surface area contributed by atoms with Crippen molar-refractivity contribution in [2.75, 3.05) is 6.61 Å². The molecular formula is C21H20N2O2S. The van der Waals surface area contributed by atoms with E-state index in [4.69, 9.17) is 9.73 Å². The van der Waals surface area contributed by atoms with Crippen LogP contribution in [0.15, 0.2) is 77.6 Å². The first-order chi connectivity index (χ1) is 12.7. The lowest BCUT2D eigenvalue weighted by atomic mass is 10.2. The van der Waals surface area contributed by atoms with Gasteiger partial charge in [0.25, 0.3) is 0 Å². The first-order valence-corrected chi connectivity index (χ1v) is 9.27. The maximum atomic E-state index is 11.7. The summed E-state index contributed by atoms with van der Waals surface area (Å²) in [6.45, 7) is 6.69. The van der Waals surface area contributed by atoms with Gasteiger partial charge in [0.05, 0.1) is 23.6 Å². The third kappa shape index (κ3) is 4.00. The van der Waals surface area contributed by atoms with Crippen LogP contribution in [-0.4, -0.2) is 17.1 Å². The fraction of sp³-hybridized carbons (Fsp3) is 0.143. The van der Waals surface area contributed by atoms with Gasteiger partial charge in [-0.25, -0.2) is 9.79 Å². The van der Waals surface area contributed by atoms with Crippen molar-refractivity contribution in [2.45, 2.75) is 13.5 Å². The Bertz CT molecular complexity index is 954. The number of carbonyl (C=O) groups excluding carboxylic acids is 1. The van der Waals surface area contributed by atoms with Crippen molar-refractivity contribution in [3.05, 3.63) is 83.0 Å². The average molecular weight is 364 g/mol. The van der Waals surface area contributed by atoms with Crippen LogP contribution < -0.4 is 4.80 Å². The lowest BCUT2D eigenvalue weighted by molar-refractivity contribution is 0.0526. The monoisotopic (exact) mass is 364 g/mol. The molecule has 0 aliphatic heterocycles. The second kappa shape index (κ2) is 8.45. The summed E-state index contributed by atoms with van der Waals surface area (Å²) in [5.74, 6) is -0.316. The molecule has 1 aromatic heterocycles. The third-order valence-corrected chi connectivity index (χ3v) is 4.65. The van der Waals surface area contributed by atoms with Crippen molar-refractivity contribution in [3.8, 4) is 11.3 Å². The number of ether oxygens (including phenoxy) is 1. The fourth-order valence-electron chi connectivity index (χ4n) is 2.56. The molecule has 2 aromatic carbocycles. The summed E-state index contributed by atoms with van der Waals surface area (Å²) in [6, 6.07) is 17.3. The molecule has 0 aliphatic carbocycles. The standard InChI is InChI=1S/C21H20N2O2S/c1-3-14-23-19(16-8-6-5-7-9-16)15-26-21(23)22-18-12-10-17(11-13-18)20(24)25-4-2/h3,5-13,15H,1,4,14H2,2H3. The Kier molecular flexibility index (Phi) is 5.81. The number of aromatic nitrogens is 1. The van der Waals surface area contributed by atoms with E-state index in [1.165, 1.54) is 0 Å². The number of rotatable bonds is 6. The van der Waals surface area contributed by atoms with Gasteiger partial charge in [0.1, 0.15) is 0 Å². The fourth-order valence-corrected chi connectivity index (χ4v) is 3.50. The van der Waals surface area contributed by atoms with Crippen molar-refractivity contribution in [1.82, 2.24) is 4.57 Å². The summed E-state index contributed by atoms with van der Waals surface area (Å²) in [6.07, 6.45) is 1.86. The van der Waals surface area contributed by atoms with E-state index in [0.717, 1.165) is 21.7 Å². The molecule has 132 valence electrons. The van der Waals surface area contributed by atoms with Gasteiger partial charge in [-0.1, -0.05) is 36.4 Å². The maximum absolute atomic E-state index is 11.7. The van der Waals surface area contributed by atoms with Crippen LogP contribution in [0.4, 0.5) is 5.69 Å². The van der Waals surface area contributed by atoms with E-state index in [9.17, 15) is 4.79 Å². The summed E-state index contributed by atoms with van der Waals surface area (Å²) < 4.78 is 7.14. The highest BCUT2D eigenvalue weighted by Gasteiger charge is 2.08. The Morgan fingerprint density at radius 2 is 1.92 bits per heavy atom. The highest BCUT2D eigenvalue weighted by Crippen LogP contribution is 2.21. The van der Waals surface area contributed by atoms with Crippen molar-refractivity contribution in [2.24, 2.45) is 4.99 Å². The van der Waals surface area contributed by atoms with Crippen LogP contribution in [0.3, 0.4) is 0 Å². The zero-order valence-corrected chi connectivity index (χ0v) is 15.4. The molecule has 4 nitrogen and oxygen atoms in total. The first-order valence-electron chi connectivity index (χ1n) is 8.39. The molecule has 0 unspecified atom stereocenters. The summed E-state index contributed by atoms with van der Waals surface area (Å²) in [5.41, 5.74) is 3.57. The van der Waals surface area contributed by atoms with Gasteiger partial charge < -0.3 is 9.30 Å². The van der Waals surface area contributed by atoms with Crippen LogP contribution >= 0.6 is 11.3 Å². The molecule has 5 heteroatoms. The zero-order chi connectivity index (χ0) is 18.4. The van der Waals surface area contributed by atoms with Crippen LogP contribution in [0.25, 0.3) is 11.3 Å². The van der Waals surface area contributed by atoms with Gasteiger partial charge in [-0.3, -0.25) is 0 Å². The van der Waals surface area contributed by atoms with Crippen molar-refractivity contribution in [3.63, 3.8) is 0 Å². The van der Waals surface area contributed by atoms with Crippen molar-refractivity contribution in [1.29, 1.82) is 0 Å². The summed E-state index contributed by atoms with van der Waals surface area (Å²) in [5, 5.41) is 2.10. The van der Waals surface area contributed by atoms with Gasteiger partial charge in [0, 0.05) is 11.9 Å². The zero-order valence-electron chi connectivity index (χ0n) is 14.6. The largest absolute Gasteiger partial charge is 0.462 e. The van der Waals surface area contributed by atoms with E-state index in [0.29, 0.717) is 18.7 Å². The molecule has 0 bridgehead atoms. The van der Waals surface area contributed by atoms with Crippen molar-refractivity contribution < 1.29 is 9.53 Å². The number of benzene rings is 2. The molecule has 0 aliphatic rings. The lowest BCUT2D eigenvalue weighted by Crippen LogP contribution is -2.14. The smallest absolute Gasteiger partial charge is 0.338 e. The van der Waals surface area contributed by atoms with Crippen LogP contribution in [-0.2, 0) is 11.3 Å². The number of thiazole rings is 1. The molecule has 0 saturated heterocycles. The predicted octanol–water partition coefficient (Wildman–Crippen LogP) is 4.81. The third-order valence-electron chi connectivity index (χ3n) is 3.78. The molecule has 0 spiro atoms. The van der Waals surface area contributed by atoms with Gasteiger partial charge in [-0.15, -0.1) is 17.9 Å². The normalized spacial score (nSPS) is 11.3. The topological polar surface area (TPSA) is 43.6 Å². The Morgan fingerprint density at radius 3 is 2.58 bits per heavy atom. The SMILES string of the molecule is C=CCn1c(-c2ccccc2)csc1=Nc1ccc(C(=O)OCC)cc1. The van der Waals surface area contributed by atoms with Crippen LogP contribution in [0.2, 0.25) is 0 Å². The molecule has 1 heterocycles. The summed E-state index contributed by atoms with van der Waals surface area (Å²) in [7, 11) is 0. The first kappa shape index (κ1) is 17.9. The summed E-state index contributed by atoms with van der Waals surface area (Å²) >= 11 is 1.58. The molecule has 3 aromatic rings. The average Bonchev–Trinajstić information content (AvgIpc) is 3.06. The van der Waals surface area contributed by atoms with E-state index in [1.807, 2.05) is 36.4 Å². The van der Waals surface area contributed by atoms with Gasteiger partial charge in [-0.05, 0) is 36.8 Å². The Balaban J connectivity index is 1.97. The van der Waals surface area contributed by atoms with Crippen LogP contribution in [0.5, 0.6) is 0 Å². The molecule has 0 saturated carbocycles. The van der Waals surface area contributed by atoms with E-state index in [-0.39, 0.29) is 5.97 Å². The number of esters is 1. The second-order valence-electron chi connectivity index (χ2n) is 5.55. The summed E-state index contributed by atoms with van der Waals surface area (Å²) in [4.78, 5) is 17.4. The maximum Gasteiger partial charge on any atom is 0.338 e. The van der Waals surface area contributed by atoms with Crippen molar-refractivity contribution >= 4 is 23.0 Å². The van der Waals surface area contributed by atoms with Crippen LogP contribution in [0.1, 0.15) is 17.3 Å². The number of nitrogens with zero attached hydrogens (tertiary/aromatic N) is 2. The highest BCUT2D eigenvalue weighted by atomic mass is 32.1. The van der Waals surface area contributed by atoms with Gasteiger partial charge >= 0.3 is 5.97 Å². The van der Waals surface area contributed by atoms with E-state index >= 15 is 0 Å². The Hall–Kier alpha value is -2.92. The number of hydrogen-bond acceptors (Lipinski definition) is 4. The van der Waals surface area contributed by atoms with Crippen LogP contribution in [0, 0.1) is 0 Å². The number of hydrogen-bond donors (Lipinski definition) is 0. The van der Waals surface area contributed by atoms with E-state index in [1.54, 1.807) is 30.4 Å².